The zero-order valence-corrected chi connectivity index (χ0v) is 11.3. The van der Waals surface area contributed by atoms with Crippen molar-refractivity contribution in [3.05, 3.63) is 0 Å². The molecule has 0 aromatic carbocycles. The summed E-state index contributed by atoms with van der Waals surface area (Å²) in [6.07, 6.45) is 8.44. The molecule has 2 nitrogen and oxygen atoms in total. The van der Waals surface area contributed by atoms with Crippen LogP contribution >= 0.6 is 0 Å². The summed E-state index contributed by atoms with van der Waals surface area (Å²) < 4.78 is 0. The molecule has 1 atom stereocenters. The molecule has 0 radical (unpaired) electrons. The van der Waals surface area contributed by atoms with Crippen molar-refractivity contribution in [2.45, 2.75) is 52.4 Å². The molecule has 0 saturated carbocycles. The van der Waals surface area contributed by atoms with Gasteiger partial charge in [0.15, 0.2) is 0 Å². The second-order valence-electron chi connectivity index (χ2n) is 5.35. The Morgan fingerprint density at radius 3 is 2.31 bits per heavy atom. The van der Waals surface area contributed by atoms with Crippen molar-refractivity contribution >= 4 is 0 Å². The Morgan fingerprint density at radius 2 is 1.88 bits per heavy atom. The SMILES string of the molecule is CC1CCCNC1.CCCN1CCCCC1. The molecule has 96 valence electrons. The summed E-state index contributed by atoms with van der Waals surface area (Å²) >= 11 is 0. The van der Waals surface area contributed by atoms with Gasteiger partial charge in [-0.15, -0.1) is 0 Å². The fourth-order valence-corrected chi connectivity index (χ4v) is 2.53. The summed E-state index contributed by atoms with van der Waals surface area (Å²) in [6, 6.07) is 0. The lowest BCUT2D eigenvalue weighted by atomic mass is 10.0. The molecule has 2 saturated heterocycles. The molecule has 0 aromatic heterocycles. The minimum Gasteiger partial charge on any atom is -0.316 e. The summed E-state index contributed by atoms with van der Waals surface area (Å²) in [5.74, 6) is 0.925. The zero-order valence-electron chi connectivity index (χ0n) is 11.3. The van der Waals surface area contributed by atoms with Gasteiger partial charge in [-0.3, -0.25) is 0 Å². The van der Waals surface area contributed by atoms with Gasteiger partial charge in [0.05, 0.1) is 0 Å². The average Bonchev–Trinajstić information content (AvgIpc) is 2.33. The highest BCUT2D eigenvalue weighted by atomic mass is 15.1. The van der Waals surface area contributed by atoms with Gasteiger partial charge >= 0.3 is 0 Å². The third kappa shape index (κ3) is 6.49. The third-order valence-corrected chi connectivity index (χ3v) is 3.53. The van der Waals surface area contributed by atoms with Gasteiger partial charge in [-0.1, -0.05) is 20.3 Å². The molecular weight excluding hydrogens is 196 g/mol. The molecule has 0 spiro atoms. The van der Waals surface area contributed by atoms with Crippen molar-refractivity contribution in [2.24, 2.45) is 5.92 Å². The Hall–Kier alpha value is -0.0800. The van der Waals surface area contributed by atoms with Crippen LogP contribution in [0.25, 0.3) is 0 Å². The van der Waals surface area contributed by atoms with Crippen LogP contribution in [0.1, 0.15) is 52.4 Å². The fraction of sp³-hybridized carbons (Fsp3) is 1.00. The standard InChI is InChI=1S/C8H17N.C6H13N/c1-2-6-9-7-4-3-5-8-9;1-6-3-2-4-7-5-6/h2-8H2,1H3;6-7H,2-5H2,1H3. The van der Waals surface area contributed by atoms with Crippen molar-refractivity contribution < 1.29 is 0 Å². The van der Waals surface area contributed by atoms with E-state index in [0.29, 0.717) is 0 Å². The highest BCUT2D eigenvalue weighted by molar-refractivity contribution is 4.63. The second kappa shape index (κ2) is 9.00. The first-order chi connectivity index (χ1) is 7.83. The Bertz CT molecular complexity index is 144. The van der Waals surface area contributed by atoms with E-state index in [-0.39, 0.29) is 0 Å². The largest absolute Gasteiger partial charge is 0.316 e. The molecule has 2 aliphatic rings. The lowest BCUT2D eigenvalue weighted by molar-refractivity contribution is 0.229. The average molecular weight is 226 g/mol. The number of nitrogens with one attached hydrogen (secondary N) is 1. The maximum Gasteiger partial charge on any atom is -0.00187 e. The van der Waals surface area contributed by atoms with E-state index in [1.807, 2.05) is 0 Å². The third-order valence-electron chi connectivity index (χ3n) is 3.53. The minimum atomic E-state index is 0.925. The highest BCUT2D eigenvalue weighted by Gasteiger charge is 2.07. The minimum absolute atomic E-state index is 0.925. The number of piperidine rings is 2. The molecule has 0 aromatic rings. The molecule has 0 aliphatic carbocycles. The molecule has 1 N–H and O–H groups in total. The predicted molar refractivity (Wildman–Crippen MR) is 71.8 cm³/mol. The quantitative estimate of drug-likeness (QED) is 0.779. The fourth-order valence-electron chi connectivity index (χ4n) is 2.53. The van der Waals surface area contributed by atoms with Gasteiger partial charge in [-0.05, 0) is 70.7 Å². The lowest BCUT2D eigenvalue weighted by Crippen LogP contribution is -2.30. The molecule has 2 rings (SSSR count). The topological polar surface area (TPSA) is 15.3 Å². The van der Waals surface area contributed by atoms with Crippen molar-refractivity contribution in [1.82, 2.24) is 10.2 Å². The van der Waals surface area contributed by atoms with Crippen LogP contribution < -0.4 is 5.32 Å². The number of likely N-dealkylation sites (tertiary alicyclic amines) is 1. The van der Waals surface area contributed by atoms with E-state index in [9.17, 15) is 0 Å². The van der Waals surface area contributed by atoms with E-state index in [1.54, 1.807) is 0 Å². The summed E-state index contributed by atoms with van der Waals surface area (Å²) in [4.78, 5) is 2.57. The number of rotatable bonds is 2. The van der Waals surface area contributed by atoms with E-state index in [4.69, 9.17) is 0 Å². The zero-order chi connectivity index (χ0) is 11.6. The molecule has 2 heterocycles. The van der Waals surface area contributed by atoms with Gasteiger partial charge in [-0.2, -0.15) is 0 Å². The van der Waals surface area contributed by atoms with Crippen molar-refractivity contribution in [1.29, 1.82) is 0 Å². The molecule has 2 heteroatoms. The van der Waals surface area contributed by atoms with Gasteiger partial charge in [0.1, 0.15) is 0 Å². The van der Waals surface area contributed by atoms with Crippen molar-refractivity contribution in [3.8, 4) is 0 Å². The van der Waals surface area contributed by atoms with Gasteiger partial charge in [0, 0.05) is 0 Å². The van der Waals surface area contributed by atoms with Gasteiger partial charge in [0.25, 0.3) is 0 Å². The molecule has 0 amide bonds. The van der Waals surface area contributed by atoms with Gasteiger partial charge in [-0.25, -0.2) is 0 Å². The van der Waals surface area contributed by atoms with Crippen LogP contribution in [0.5, 0.6) is 0 Å². The Labute approximate surface area is 102 Å². The van der Waals surface area contributed by atoms with Crippen LogP contribution in [0.4, 0.5) is 0 Å². The van der Waals surface area contributed by atoms with Gasteiger partial charge < -0.3 is 10.2 Å². The van der Waals surface area contributed by atoms with E-state index in [0.717, 1.165) is 5.92 Å². The van der Waals surface area contributed by atoms with E-state index >= 15 is 0 Å². The predicted octanol–water partition coefficient (Wildman–Crippen LogP) is 2.89. The first-order valence-electron chi connectivity index (χ1n) is 7.26. The summed E-state index contributed by atoms with van der Waals surface area (Å²) in [5.41, 5.74) is 0. The van der Waals surface area contributed by atoms with Crippen LogP contribution in [0.15, 0.2) is 0 Å². The normalized spacial score (nSPS) is 27.0. The first kappa shape index (κ1) is 14.0. The number of hydrogen-bond donors (Lipinski definition) is 1. The Morgan fingerprint density at radius 1 is 1.12 bits per heavy atom. The Kier molecular flexibility index (Phi) is 7.87. The molecule has 1 unspecified atom stereocenters. The lowest BCUT2D eigenvalue weighted by Gasteiger charge is -2.25. The van der Waals surface area contributed by atoms with Gasteiger partial charge in [0.2, 0.25) is 0 Å². The molecule has 2 fully saturated rings. The highest BCUT2D eigenvalue weighted by Crippen LogP contribution is 2.08. The van der Waals surface area contributed by atoms with E-state index in [2.05, 4.69) is 24.1 Å². The summed E-state index contributed by atoms with van der Waals surface area (Å²) in [5, 5.41) is 3.33. The van der Waals surface area contributed by atoms with Crippen LogP contribution in [0.2, 0.25) is 0 Å². The van der Waals surface area contributed by atoms with Crippen LogP contribution in [0, 0.1) is 5.92 Å². The molecular formula is C14H30N2. The first-order valence-corrected chi connectivity index (χ1v) is 7.26. The monoisotopic (exact) mass is 226 g/mol. The summed E-state index contributed by atoms with van der Waals surface area (Å²) in [6.45, 7) is 11.1. The van der Waals surface area contributed by atoms with Crippen LogP contribution in [-0.2, 0) is 0 Å². The molecule has 2 aliphatic heterocycles. The van der Waals surface area contributed by atoms with Crippen LogP contribution in [0.3, 0.4) is 0 Å². The van der Waals surface area contributed by atoms with Crippen molar-refractivity contribution in [2.75, 3.05) is 32.7 Å². The maximum absolute atomic E-state index is 3.33. The van der Waals surface area contributed by atoms with Crippen LogP contribution in [-0.4, -0.2) is 37.6 Å². The second-order valence-corrected chi connectivity index (χ2v) is 5.35. The summed E-state index contributed by atoms with van der Waals surface area (Å²) in [7, 11) is 0. The van der Waals surface area contributed by atoms with Crippen molar-refractivity contribution in [3.63, 3.8) is 0 Å². The number of hydrogen-bond acceptors (Lipinski definition) is 2. The molecule has 0 bridgehead atoms. The van der Waals surface area contributed by atoms with E-state index < -0.39 is 0 Å². The maximum atomic E-state index is 3.33. The Balaban J connectivity index is 0.000000165. The smallest absolute Gasteiger partial charge is 0.00187 e. The van der Waals surface area contributed by atoms with E-state index in [1.165, 1.54) is 71.2 Å². The molecule has 16 heavy (non-hydrogen) atoms. The number of nitrogens with zero attached hydrogens (tertiary/aromatic N) is 1.